The van der Waals surface area contributed by atoms with E-state index in [-0.39, 0.29) is 33.6 Å². The lowest BCUT2D eigenvalue weighted by Crippen LogP contribution is -2.32. The molecule has 2 amide bonds. The van der Waals surface area contributed by atoms with Crippen LogP contribution in [0, 0.1) is 0 Å². The standard InChI is InChI=1S/C22H14Cl3F2N3O3S.C3H9N/c23-14-2-1-3-15(24)19(14)34-16-7-17(22(25,26)27)29-20(32)18(16)21(33)30-8-11-4-5-13(28-10-31)6-12(11)9-30;1-4(2)3/h1-7,10H,8-9H2,(H,28,31)(H,29,32);1-3H3. The molecule has 38 heavy (non-hydrogen) atoms. The molecule has 1 aliphatic rings. The number of anilines is 1. The Morgan fingerprint density at radius 1 is 1.11 bits per heavy atom. The van der Waals surface area contributed by atoms with Crippen LogP contribution in [-0.4, -0.2) is 48.2 Å². The monoisotopic (exact) mass is 602 g/mol. The molecular formula is C25H23Cl3F2N4O3S. The van der Waals surface area contributed by atoms with E-state index in [1.807, 2.05) is 31.0 Å². The Morgan fingerprint density at radius 2 is 1.71 bits per heavy atom. The van der Waals surface area contributed by atoms with E-state index in [0.717, 1.165) is 29.0 Å². The maximum atomic E-state index is 13.8. The summed E-state index contributed by atoms with van der Waals surface area (Å²) in [6.45, 7) is 0.353. The fraction of sp³-hybridized carbons (Fsp3) is 0.240. The molecule has 202 valence electrons. The van der Waals surface area contributed by atoms with E-state index >= 15 is 0 Å². The number of pyridine rings is 1. The van der Waals surface area contributed by atoms with Gasteiger partial charge in [-0.15, -0.1) is 0 Å². The molecule has 0 fully saturated rings. The van der Waals surface area contributed by atoms with Crippen molar-refractivity contribution < 1.29 is 18.4 Å². The van der Waals surface area contributed by atoms with Crippen LogP contribution in [0.2, 0.25) is 10.0 Å². The van der Waals surface area contributed by atoms with Crippen LogP contribution in [0.15, 0.2) is 57.1 Å². The Bertz CT molecular complexity index is 1390. The number of hydrogen-bond acceptors (Lipinski definition) is 5. The number of aromatic nitrogens is 1. The molecule has 4 rings (SSSR count). The third-order valence-corrected chi connectivity index (χ3v) is 7.33. The predicted octanol–water partition coefficient (Wildman–Crippen LogP) is 6.02. The van der Waals surface area contributed by atoms with Gasteiger partial charge in [-0.3, -0.25) is 14.4 Å². The minimum absolute atomic E-state index is 0.0710. The van der Waals surface area contributed by atoms with Gasteiger partial charge in [0.2, 0.25) is 6.41 Å². The van der Waals surface area contributed by atoms with Crippen molar-refractivity contribution in [2.24, 2.45) is 0 Å². The molecule has 7 nitrogen and oxygen atoms in total. The third kappa shape index (κ3) is 7.27. The second-order valence-corrected chi connectivity index (χ2v) is 11.0. The average molecular weight is 604 g/mol. The summed E-state index contributed by atoms with van der Waals surface area (Å²) in [5.41, 5.74) is -0.0651. The Balaban J connectivity index is 0.000000934. The van der Waals surface area contributed by atoms with E-state index in [2.05, 4.69) is 5.32 Å². The van der Waals surface area contributed by atoms with Crippen molar-refractivity contribution in [1.29, 1.82) is 0 Å². The molecule has 0 bridgehead atoms. The van der Waals surface area contributed by atoms with Crippen LogP contribution in [-0.2, 0) is 23.3 Å². The summed E-state index contributed by atoms with van der Waals surface area (Å²) in [7, 11) is 6.00. The second kappa shape index (κ2) is 12.5. The van der Waals surface area contributed by atoms with Crippen LogP contribution in [0.3, 0.4) is 0 Å². The van der Waals surface area contributed by atoms with Gasteiger partial charge in [0.15, 0.2) is 0 Å². The summed E-state index contributed by atoms with van der Waals surface area (Å²) < 4.78 is 27.7. The summed E-state index contributed by atoms with van der Waals surface area (Å²) in [5.74, 6) is -0.669. The van der Waals surface area contributed by atoms with Gasteiger partial charge in [0.25, 0.3) is 11.5 Å². The molecule has 0 atom stereocenters. The van der Waals surface area contributed by atoms with E-state index in [1.54, 1.807) is 36.4 Å². The SMILES string of the molecule is CN(C)C.O=CNc1ccc2c(c1)CN(C(=O)c1c(Sc3c(Cl)cccc3Cl)cc(C(F)(F)Cl)[nH]c1=O)C2. The molecule has 0 saturated heterocycles. The number of amides is 2. The van der Waals surface area contributed by atoms with E-state index in [4.69, 9.17) is 34.8 Å². The van der Waals surface area contributed by atoms with Gasteiger partial charge in [-0.25, -0.2) is 0 Å². The van der Waals surface area contributed by atoms with Crippen molar-refractivity contribution in [3.8, 4) is 0 Å². The quantitative estimate of drug-likeness (QED) is 0.266. The van der Waals surface area contributed by atoms with Crippen molar-refractivity contribution in [2.75, 3.05) is 26.5 Å². The number of halogens is 5. The van der Waals surface area contributed by atoms with Crippen molar-refractivity contribution >= 4 is 64.6 Å². The van der Waals surface area contributed by atoms with E-state index in [0.29, 0.717) is 17.0 Å². The first-order valence-electron chi connectivity index (χ1n) is 11.0. The van der Waals surface area contributed by atoms with Crippen LogP contribution in [0.5, 0.6) is 0 Å². The maximum absolute atomic E-state index is 13.8. The largest absolute Gasteiger partial charge is 0.362 e. The van der Waals surface area contributed by atoms with Gasteiger partial charge in [-0.05, 0) is 74.2 Å². The Labute approximate surface area is 237 Å². The Kier molecular flexibility index (Phi) is 9.83. The Hall–Kier alpha value is -2.63. The molecule has 2 N–H and O–H groups in total. The first-order chi connectivity index (χ1) is 17.8. The first kappa shape index (κ1) is 29.9. The minimum Gasteiger partial charge on any atom is -0.330 e. The summed E-state index contributed by atoms with van der Waals surface area (Å²) in [5, 5.41) is -0.887. The fourth-order valence-electron chi connectivity index (χ4n) is 3.52. The number of alkyl halides is 3. The highest BCUT2D eigenvalue weighted by atomic mass is 35.5. The van der Waals surface area contributed by atoms with Crippen LogP contribution in [0.1, 0.15) is 27.2 Å². The number of hydrogen-bond donors (Lipinski definition) is 2. The zero-order valence-corrected chi connectivity index (χ0v) is 23.5. The van der Waals surface area contributed by atoms with Gasteiger partial charge in [-0.1, -0.05) is 47.1 Å². The number of nitrogens with one attached hydrogen (secondary N) is 2. The average Bonchev–Trinajstić information content (AvgIpc) is 3.24. The molecular weight excluding hydrogens is 581 g/mol. The molecule has 0 saturated carbocycles. The summed E-state index contributed by atoms with van der Waals surface area (Å²) in [4.78, 5) is 42.6. The van der Waals surface area contributed by atoms with Crippen molar-refractivity contribution in [3.05, 3.63) is 85.2 Å². The topological polar surface area (TPSA) is 85.5 Å². The van der Waals surface area contributed by atoms with E-state index < -0.39 is 22.5 Å². The molecule has 0 unspecified atom stereocenters. The second-order valence-electron chi connectivity index (χ2n) is 8.65. The van der Waals surface area contributed by atoms with Gasteiger partial charge in [0.1, 0.15) is 11.3 Å². The zero-order chi connectivity index (χ0) is 28.2. The lowest BCUT2D eigenvalue weighted by molar-refractivity contribution is -0.105. The number of carbonyl (C=O) groups excluding carboxylic acids is 2. The lowest BCUT2D eigenvalue weighted by Gasteiger charge is -2.19. The summed E-state index contributed by atoms with van der Waals surface area (Å²) >= 11 is 18.4. The van der Waals surface area contributed by atoms with Gasteiger partial charge in [0, 0.05) is 28.6 Å². The maximum Gasteiger partial charge on any atom is 0.362 e. The number of fused-ring (bicyclic) bond motifs is 1. The van der Waals surface area contributed by atoms with Crippen molar-refractivity contribution in [1.82, 2.24) is 14.8 Å². The van der Waals surface area contributed by atoms with Crippen LogP contribution in [0.4, 0.5) is 14.5 Å². The van der Waals surface area contributed by atoms with Crippen LogP contribution >= 0.6 is 46.6 Å². The van der Waals surface area contributed by atoms with Gasteiger partial charge < -0.3 is 20.1 Å². The molecule has 0 radical (unpaired) electrons. The number of H-pyrrole nitrogens is 1. The van der Waals surface area contributed by atoms with Gasteiger partial charge >= 0.3 is 5.38 Å². The van der Waals surface area contributed by atoms with Crippen LogP contribution < -0.4 is 10.9 Å². The Morgan fingerprint density at radius 3 is 2.29 bits per heavy atom. The molecule has 13 heteroatoms. The molecule has 2 aromatic carbocycles. The molecule has 0 aliphatic carbocycles. The molecule has 1 aromatic heterocycles. The summed E-state index contributed by atoms with van der Waals surface area (Å²) in [6, 6.07) is 10.8. The molecule has 3 aromatic rings. The number of aromatic amines is 1. The van der Waals surface area contributed by atoms with Gasteiger partial charge in [-0.2, -0.15) is 8.78 Å². The number of carbonyl (C=O) groups is 2. The van der Waals surface area contributed by atoms with E-state index in [9.17, 15) is 23.2 Å². The number of nitrogens with zero attached hydrogens (tertiary/aromatic N) is 2. The molecule has 1 aliphatic heterocycles. The highest BCUT2D eigenvalue weighted by molar-refractivity contribution is 7.99. The van der Waals surface area contributed by atoms with Crippen molar-refractivity contribution in [2.45, 2.75) is 28.3 Å². The number of rotatable bonds is 6. The highest BCUT2D eigenvalue weighted by Crippen LogP contribution is 2.41. The van der Waals surface area contributed by atoms with E-state index in [1.165, 1.54) is 4.90 Å². The zero-order valence-electron chi connectivity index (χ0n) is 20.5. The lowest BCUT2D eigenvalue weighted by atomic mass is 10.1. The number of benzene rings is 2. The molecule has 2 heterocycles. The third-order valence-electron chi connectivity index (χ3n) is 5.09. The minimum atomic E-state index is -3.87. The van der Waals surface area contributed by atoms with Crippen LogP contribution in [0.25, 0.3) is 0 Å². The smallest absolute Gasteiger partial charge is 0.330 e. The highest BCUT2D eigenvalue weighted by Gasteiger charge is 2.34. The summed E-state index contributed by atoms with van der Waals surface area (Å²) in [6.07, 6.45) is 0.538. The van der Waals surface area contributed by atoms with Gasteiger partial charge in [0.05, 0.1) is 10.0 Å². The fourth-order valence-corrected chi connectivity index (χ4v) is 5.26. The normalized spacial score (nSPS) is 12.6. The first-order valence-corrected chi connectivity index (χ1v) is 13.0. The van der Waals surface area contributed by atoms with Crippen molar-refractivity contribution in [3.63, 3.8) is 0 Å². The predicted molar refractivity (Wildman–Crippen MR) is 147 cm³/mol. The molecule has 0 spiro atoms.